The highest BCUT2D eigenvalue weighted by Crippen LogP contribution is 2.40. The topological polar surface area (TPSA) is 160 Å². The first-order valence-electron chi connectivity index (χ1n) is 20.7. The number of methoxy groups -OCH3 is 1. The monoisotopic (exact) mass is 817 g/mol. The summed E-state index contributed by atoms with van der Waals surface area (Å²) in [5.41, 5.74) is 2.94. The summed E-state index contributed by atoms with van der Waals surface area (Å²) in [6.45, 7) is 10.1. The van der Waals surface area contributed by atoms with Gasteiger partial charge < -0.3 is 43.4 Å². The molecule has 0 spiro atoms. The highest BCUT2D eigenvalue weighted by molar-refractivity contribution is 5.94. The second-order valence-corrected chi connectivity index (χ2v) is 16.0. The van der Waals surface area contributed by atoms with Gasteiger partial charge in [0.2, 0.25) is 11.8 Å². The first-order chi connectivity index (χ1) is 28.6. The summed E-state index contributed by atoms with van der Waals surface area (Å²) in [4.78, 5) is 51.4. The summed E-state index contributed by atoms with van der Waals surface area (Å²) in [6.07, 6.45) is 8.41. The molecule has 59 heavy (non-hydrogen) atoms. The Morgan fingerprint density at radius 2 is 1.56 bits per heavy atom. The van der Waals surface area contributed by atoms with E-state index in [4.69, 9.17) is 33.2 Å². The van der Waals surface area contributed by atoms with Crippen molar-refractivity contribution in [2.75, 3.05) is 66.4 Å². The van der Waals surface area contributed by atoms with E-state index >= 15 is 0 Å². The van der Waals surface area contributed by atoms with Crippen molar-refractivity contribution in [2.45, 2.75) is 90.1 Å². The Balaban J connectivity index is 0.784. The normalized spacial score (nSPS) is 18.7. The van der Waals surface area contributed by atoms with Gasteiger partial charge in [-0.05, 0) is 93.8 Å². The number of pyridine rings is 2. The average Bonchev–Trinajstić information content (AvgIpc) is 3.64. The van der Waals surface area contributed by atoms with Gasteiger partial charge in [0.15, 0.2) is 0 Å². The Morgan fingerprint density at radius 1 is 0.814 bits per heavy atom. The molecule has 6 rings (SSSR count). The maximum absolute atomic E-state index is 13.1. The van der Waals surface area contributed by atoms with Gasteiger partial charge in [-0.2, -0.15) is 0 Å². The smallest absolute Gasteiger partial charge is 0.411 e. The van der Waals surface area contributed by atoms with Gasteiger partial charge in [-0.1, -0.05) is 18.9 Å². The van der Waals surface area contributed by atoms with Gasteiger partial charge in [-0.3, -0.25) is 19.5 Å². The maximum Gasteiger partial charge on any atom is 0.411 e. The van der Waals surface area contributed by atoms with Crippen molar-refractivity contribution in [1.82, 2.24) is 25.1 Å². The number of ether oxygens (including phenoxy) is 7. The number of fused-ring (bicyclic) bond motifs is 2. The lowest BCUT2D eigenvalue weighted by atomic mass is 9.85. The molecule has 2 aromatic heterocycles. The van der Waals surface area contributed by atoms with Gasteiger partial charge in [0.05, 0.1) is 64.2 Å². The van der Waals surface area contributed by atoms with E-state index in [1.165, 1.54) is 5.56 Å². The highest BCUT2D eigenvalue weighted by Gasteiger charge is 2.48. The van der Waals surface area contributed by atoms with Crippen LogP contribution in [-0.4, -0.2) is 122 Å². The number of nitrogens with one attached hydrogen (secondary N) is 1. The molecule has 1 aromatic carbocycles. The fourth-order valence-electron chi connectivity index (χ4n) is 7.74. The minimum Gasteiger partial charge on any atom is -0.490 e. The third-order valence-electron chi connectivity index (χ3n) is 10.6. The molecule has 4 heterocycles. The molecule has 3 amide bonds. The van der Waals surface area contributed by atoms with Crippen LogP contribution in [0.1, 0.15) is 80.1 Å². The number of aromatic nitrogens is 2. The molecule has 1 aliphatic carbocycles. The Labute approximate surface area is 347 Å². The summed E-state index contributed by atoms with van der Waals surface area (Å²) in [7, 11) is 1.55. The van der Waals surface area contributed by atoms with Crippen molar-refractivity contribution in [3.63, 3.8) is 0 Å². The van der Waals surface area contributed by atoms with Gasteiger partial charge >= 0.3 is 6.09 Å². The van der Waals surface area contributed by atoms with E-state index in [2.05, 4.69) is 21.4 Å². The van der Waals surface area contributed by atoms with E-state index in [1.54, 1.807) is 36.5 Å². The number of rotatable bonds is 19. The van der Waals surface area contributed by atoms with Crippen LogP contribution in [0.25, 0.3) is 0 Å². The maximum atomic E-state index is 13.1. The molecule has 1 saturated carbocycles. The van der Waals surface area contributed by atoms with E-state index in [0.717, 1.165) is 43.4 Å². The Kier molecular flexibility index (Phi) is 15.8. The molecule has 3 aliphatic rings. The van der Waals surface area contributed by atoms with E-state index in [1.807, 2.05) is 49.9 Å². The van der Waals surface area contributed by atoms with Crippen LogP contribution in [0.3, 0.4) is 0 Å². The van der Waals surface area contributed by atoms with Crippen molar-refractivity contribution in [3.05, 3.63) is 77.2 Å². The zero-order valence-electron chi connectivity index (χ0n) is 34.8. The third-order valence-corrected chi connectivity index (χ3v) is 10.6. The summed E-state index contributed by atoms with van der Waals surface area (Å²) in [5.74, 6) is 1.95. The molecule has 15 nitrogen and oxygen atoms in total. The Hall–Kier alpha value is -4.99. The molecule has 15 heteroatoms. The van der Waals surface area contributed by atoms with Gasteiger partial charge in [-0.25, -0.2) is 9.78 Å². The summed E-state index contributed by atoms with van der Waals surface area (Å²) >= 11 is 0. The quantitative estimate of drug-likeness (QED) is 0.154. The van der Waals surface area contributed by atoms with Gasteiger partial charge in [0.1, 0.15) is 36.4 Å². The fourth-order valence-corrected chi connectivity index (χ4v) is 7.74. The predicted molar refractivity (Wildman–Crippen MR) is 217 cm³/mol. The lowest BCUT2D eigenvalue weighted by Gasteiger charge is -2.34. The number of hydrogen-bond donors (Lipinski definition) is 1. The third kappa shape index (κ3) is 12.8. The molecule has 2 fully saturated rings. The van der Waals surface area contributed by atoms with Crippen LogP contribution in [0, 0.1) is 5.92 Å². The van der Waals surface area contributed by atoms with Crippen LogP contribution in [0.4, 0.5) is 4.79 Å². The standard InChI is InChI=1S/C44H59N5O10/c1-44(2,3)59-43(52)49-38-8-6-5-7-32(38)26-39(49)41(50)45-16-18-54-19-20-55-21-22-56-23-24-57-37-13-11-35(46-28-37)30-58-36-12-9-31-15-17-48(29-34(31)25-36)42(51)33-10-14-40(53-4)47-27-33/h9-14,25,27-28,32,38-39H,5-8,15-24,26,29-30H2,1-4H3,(H,45,50)/t32-,38-,39-/m0/s1. The molecule has 1 saturated heterocycles. The molecule has 3 aromatic rings. The lowest BCUT2D eigenvalue weighted by Crippen LogP contribution is -2.51. The van der Waals surface area contributed by atoms with Crippen molar-refractivity contribution in [2.24, 2.45) is 5.92 Å². The number of likely N-dealkylation sites (tertiary alicyclic amines) is 1. The minimum absolute atomic E-state index is 0.0631. The summed E-state index contributed by atoms with van der Waals surface area (Å²) < 4.78 is 39.4. The van der Waals surface area contributed by atoms with Crippen LogP contribution in [-0.2, 0) is 43.3 Å². The van der Waals surface area contributed by atoms with E-state index in [-0.39, 0.29) is 17.9 Å². The van der Waals surface area contributed by atoms with Crippen LogP contribution in [0.2, 0.25) is 0 Å². The van der Waals surface area contributed by atoms with Crippen LogP contribution in [0.5, 0.6) is 17.4 Å². The van der Waals surface area contributed by atoms with Crippen molar-refractivity contribution in [1.29, 1.82) is 0 Å². The van der Waals surface area contributed by atoms with Gasteiger partial charge in [0.25, 0.3) is 5.91 Å². The van der Waals surface area contributed by atoms with Crippen molar-refractivity contribution >= 4 is 17.9 Å². The summed E-state index contributed by atoms with van der Waals surface area (Å²) in [5, 5.41) is 2.95. The number of hydrogen-bond acceptors (Lipinski definition) is 12. The molecule has 0 unspecified atom stereocenters. The average molecular weight is 818 g/mol. The Bertz CT molecular complexity index is 1820. The summed E-state index contributed by atoms with van der Waals surface area (Å²) in [6, 6.07) is 12.7. The van der Waals surface area contributed by atoms with Crippen LogP contribution < -0.4 is 19.5 Å². The lowest BCUT2D eigenvalue weighted by molar-refractivity contribution is -0.126. The predicted octanol–water partition coefficient (Wildman–Crippen LogP) is 5.38. The largest absolute Gasteiger partial charge is 0.490 e. The van der Waals surface area contributed by atoms with E-state index in [9.17, 15) is 14.4 Å². The Morgan fingerprint density at radius 3 is 2.27 bits per heavy atom. The molecule has 1 N–H and O–H groups in total. The van der Waals surface area contributed by atoms with E-state index in [0.29, 0.717) is 108 Å². The molecule has 3 atom stereocenters. The number of carbonyl (C=O) groups is 3. The number of benzene rings is 1. The molecule has 320 valence electrons. The zero-order chi connectivity index (χ0) is 41.6. The number of nitrogens with zero attached hydrogens (tertiary/aromatic N) is 4. The molecular formula is C44H59N5O10. The minimum atomic E-state index is -0.618. The van der Waals surface area contributed by atoms with Crippen molar-refractivity contribution < 1.29 is 47.5 Å². The van der Waals surface area contributed by atoms with Gasteiger partial charge in [-0.15, -0.1) is 0 Å². The zero-order valence-corrected chi connectivity index (χ0v) is 34.8. The van der Waals surface area contributed by atoms with E-state index < -0.39 is 17.7 Å². The van der Waals surface area contributed by atoms with Gasteiger partial charge in [0, 0.05) is 37.9 Å². The molecule has 2 aliphatic heterocycles. The van der Waals surface area contributed by atoms with Crippen LogP contribution >= 0.6 is 0 Å². The molecule has 0 radical (unpaired) electrons. The first kappa shape index (κ1) is 43.6. The van der Waals surface area contributed by atoms with Crippen molar-refractivity contribution in [3.8, 4) is 17.4 Å². The second kappa shape index (κ2) is 21.3. The highest BCUT2D eigenvalue weighted by atomic mass is 16.6. The SMILES string of the molecule is COc1ccc(C(=O)N2CCc3ccc(OCc4ccc(OCCOCCOCCOCCNC(=O)[C@@H]5C[C@@H]6CCCC[C@@H]6N5C(=O)OC(C)(C)C)cn4)cc3C2)cn1. The molecule has 0 bridgehead atoms. The number of carbonyl (C=O) groups excluding carboxylic acids is 3. The second-order valence-electron chi connectivity index (χ2n) is 16.0. The molecular weight excluding hydrogens is 759 g/mol. The fraction of sp³-hybridized carbons (Fsp3) is 0.568. The first-order valence-corrected chi connectivity index (χ1v) is 20.7. The van der Waals surface area contributed by atoms with Crippen LogP contribution in [0.15, 0.2) is 54.9 Å². The number of amides is 3.